The second-order valence-corrected chi connectivity index (χ2v) is 5.61. The number of hydrogen-bond acceptors (Lipinski definition) is 1. The van der Waals surface area contributed by atoms with E-state index in [2.05, 4.69) is 64.1 Å². The quantitative estimate of drug-likeness (QED) is 0.670. The summed E-state index contributed by atoms with van der Waals surface area (Å²) in [5.41, 5.74) is 5.04. The number of rotatable bonds is 2. The molecule has 0 aliphatic carbocycles. The maximum Gasteiger partial charge on any atom is 0.109 e. The number of imidazole rings is 1. The highest BCUT2D eigenvalue weighted by Gasteiger charge is 2.14. The molecule has 1 aromatic heterocycles. The second kappa shape index (κ2) is 5.21. The van der Waals surface area contributed by atoms with E-state index in [1.807, 2.05) is 6.20 Å². The molecule has 0 amide bonds. The molecular formula is C19H18N2. The molecule has 0 saturated heterocycles. The highest BCUT2D eigenvalue weighted by atomic mass is 15.1. The van der Waals surface area contributed by atoms with Crippen molar-refractivity contribution in [2.24, 2.45) is 0 Å². The molecule has 0 N–H and O–H groups in total. The van der Waals surface area contributed by atoms with Crippen LogP contribution in [0.4, 0.5) is 0 Å². The lowest BCUT2D eigenvalue weighted by atomic mass is 10.0. The van der Waals surface area contributed by atoms with Crippen molar-refractivity contribution < 1.29 is 0 Å². The molecule has 2 aromatic carbocycles. The first kappa shape index (κ1) is 12.4. The largest absolute Gasteiger partial charge is 0.328 e. The van der Waals surface area contributed by atoms with E-state index in [4.69, 9.17) is 0 Å². The molecule has 0 radical (unpaired) electrons. The van der Waals surface area contributed by atoms with Crippen LogP contribution in [0.1, 0.15) is 18.7 Å². The van der Waals surface area contributed by atoms with Gasteiger partial charge >= 0.3 is 0 Å². The van der Waals surface area contributed by atoms with E-state index < -0.39 is 0 Å². The summed E-state index contributed by atoms with van der Waals surface area (Å²) in [7, 11) is 0. The third kappa shape index (κ3) is 2.27. The lowest BCUT2D eigenvalue weighted by Crippen LogP contribution is -2.11. The van der Waals surface area contributed by atoms with Crippen molar-refractivity contribution in [1.82, 2.24) is 9.55 Å². The number of aromatic nitrogens is 2. The summed E-state index contributed by atoms with van der Waals surface area (Å²) in [4.78, 5) is 4.58. The molecule has 1 aliphatic rings. The standard InChI is InChI=1S/C19H18N2/c1-2-6-15(7-3-1)16-9-11-17(12-10-16)18-14-20-19-8-4-5-13-21(18)19/h1-3,6-7,9-12,14H,4-5,8,13H2. The maximum absolute atomic E-state index is 4.58. The molecule has 0 spiro atoms. The minimum Gasteiger partial charge on any atom is -0.328 e. The normalized spacial score (nSPS) is 13.9. The SMILES string of the molecule is c1ccc(-c2ccc(-c3cnc4n3CCCC4)cc2)cc1. The molecule has 2 heterocycles. The smallest absolute Gasteiger partial charge is 0.109 e. The van der Waals surface area contributed by atoms with Crippen molar-refractivity contribution in [3.05, 3.63) is 66.6 Å². The van der Waals surface area contributed by atoms with Gasteiger partial charge in [-0.15, -0.1) is 0 Å². The maximum atomic E-state index is 4.58. The Kier molecular flexibility index (Phi) is 3.07. The number of nitrogens with zero attached hydrogens (tertiary/aromatic N) is 2. The Morgan fingerprint density at radius 1 is 0.762 bits per heavy atom. The van der Waals surface area contributed by atoms with E-state index in [0.29, 0.717) is 0 Å². The highest BCUT2D eigenvalue weighted by Crippen LogP contribution is 2.27. The Bertz CT molecular complexity index is 739. The average Bonchev–Trinajstić information content (AvgIpc) is 3.00. The van der Waals surface area contributed by atoms with E-state index >= 15 is 0 Å². The van der Waals surface area contributed by atoms with Crippen LogP contribution in [0.15, 0.2) is 60.8 Å². The molecule has 21 heavy (non-hydrogen) atoms. The van der Waals surface area contributed by atoms with Gasteiger partial charge in [0.1, 0.15) is 5.82 Å². The van der Waals surface area contributed by atoms with Crippen LogP contribution in [-0.4, -0.2) is 9.55 Å². The summed E-state index contributed by atoms with van der Waals surface area (Å²) in [6.07, 6.45) is 5.67. The molecule has 0 atom stereocenters. The Balaban J connectivity index is 1.69. The van der Waals surface area contributed by atoms with Crippen molar-refractivity contribution >= 4 is 0 Å². The molecule has 0 saturated carbocycles. The zero-order chi connectivity index (χ0) is 14.1. The topological polar surface area (TPSA) is 17.8 Å². The summed E-state index contributed by atoms with van der Waals surface area (Å²) in [5.74, 6) is 1.24. The molecular weight excluding hydrogens is 256 g/mol. The fraction of sp³-hybridized carbons (Fsp3) is 0.211. The first-order chi connectivity index (χ1) is 10.4. The van der Waals surface area contributed by atoms with Gasteiger partial charge in [0.05, 0.1) is 11.9 Å². The molecule has 1 aliphatic heterocycles. The molecule has 0 bridgehead atoms. The van der Waals surface area contributed by atoms with E-state index in [9.17, 15) is 0 Å². The van der Waals surface area contributed by atoms with E-state index in [0.717, 1.165) is 13.0 Å². The zero-order valence-corrected chi connectivity index (χ0v) is 12.0. The third-order valence-corrected chi connectivity index (χ3v) is 4.26. The van der Waals surface area contributed by atoms with Gasteiger partial charge in [-0.1, -0.05) is 54.6 Å². The first-order valence-electron chi connectivity index (χ1n) is 7.62. The van der Waals surface area contributed by atoms with Gasteiger partial charge in [0.15, 0.2) is 0 Å². The van der Waals surface area contributed by atoms with Gasteiger partial charge in [-0.25, -0.2) is 4.98 Å². The minimum atomic E-state index is 1.10. The molecule has 104 valence electrons. The Morgan fingerprint density at radius 2 is 1.48 bits per heavy atom. The van der Waals surface area contributed by atoms with Crippen LogP contribution in [0, 0.1) is 0 Å². The summed E-state index contributed by atoms with van der Waals surface area (Å²) < 4.78 is 2.38. The Labute approximate surface area is 125 Å². The fourth-order valence-electron chi connectivity index (χ4n) is 3.11. The van der Waals surface area contributed by atoms with Crippen molar-refractivity contribution in [1.29, 1.82) is 0 Å². The van der Waals surface area contributed by atoms with Crippen molar-refractivity contribution in [3.63, 3.8) is 0 Å². The summed E-state index contributed by atoms with van der Waals surface area (Å²) in [6.45, 7) is 1.10. The third-order valence-electron chi connectivity index (χ3n) is 4.26. The Morgan fingerprint density at radius 3 is 2.29 bits per heavy atom. The Hall–Kier alpha value is -2.35. The predicted octanol–water partition coefficient (Wildman–Crippen LogP) is 4.55. The van der Waals surface area contributed by atoms with Crippen LogP contribution in [0.5, 0.6) is 0 Å². The number of aryl methyl sites for hydroxylation is 1. The number of benzene rings is 2. The lowest BCUT2D eigenvalue weighted by molar-refractivity contribution is 0.526. The lowest BCUT2D eigenvalue weighted by Gasteiger charge is -2.16. The monoisotopic (exact) mass is 274 g/mol. The minimum absolute atomic E-state index is 1.10. The van der Waals surface area contributed by atoms with Gasteiger partial charge in [0, 0.05) is 13.0 Å². The molecule has 0 unspecified atom stereocenters. The van der Waals surface area contributed by atoms with Crippen LogP contribution < -0.4 is 0 Å². The first-order valence-corrected chi connectivity index (χ1v) is 7.62. The van der Waals surface area contributed by atoms with Crippen molar-refractivity contribution in [3.8, 4) is 22.4 Å². The zero-order valence-electron chi connectivity index (χ0n) is 12.0. The van der Waals surface area contributed by atoms with E-state index in [-0.39, 0.29) is 0 Å². The van der Waals surface area contributed by atoms with Gasteiger partial charge < -0.3 is 4.57 Å². The van der Waals surface area contributed by atoms with Crippen LogP contribution in [-0.2, 0) is 13.0 Å². The molecule has 0 fully saturated rings. The number of fused-ring (bicyclic) bond motifs is 1. The molecule has 3 aromatic rings. The molecule has 2 nitrogen and oxygen atoms in total. The van der Waals surface area contributed by atoms with Crippen LogP contribution >= 0.6 is 0 Å². The average molecular weight is 274 g/mol. The van der Waals surface area contributed by atoms with Gasteiger partial charge in [-0.3, -0.25) is 0 Å². The summed E-state index contributed by atoms with van der Waals surface area (Å²) in [6, 6.07) is 19.3. The fourth-order valence-corrected chi connectivity index (χ4v) is 3.11. The molecule has 4 rings (SSSR count). The highest BCUT2D eigenvalue weighted by molar-refractivity contribution is 5.68. The van der Waals surface area contributed by atoms with Gasteiger partial charge in [-0.05, 0) is 29.5 Å². The number of hydrogen-bond donors (Lipinski definition) is 0. The van der Waals surface area contributed by atoms with E-state index in [1.165, 1.54) is 41.1 Å². The van der Waals surface area contributed by atoms with Crippen LogP contribution in [0.3, 0.4) is 0 Å². The van der Waals surface area contributed by atoms with Crippen LogP contribution in [0.2, 0.25) is 0 Å². The van der Waals surface area contributed by atoms with Gasteiger partial charge in [-0.2, -0.15) is 0 Å². The van der Waals surface area contributed by atoms with Crippen molar-refractivity contribution in [2.75, 3.05) is 0 Å². The van der Waals surface area contributed by atoms with Crippen LogP contribution in [0.25, 0.3) is 22.4 Å². The molecule has 2 heteroatoms. The second-order valence-electron chi connectivity index (χ2n) is 5.61. The van der Waals surface area contributed by atoms with E-state index in [1.54, 1.807) is 0 Å². The van der Waals surface area contributed by atoms with Gasteiger partial charge in [0.25, 0.3) is 0 Å². The van der Waals surface area contributed by atoms with Crippen molar-refractivity contribution in [2.45, 2.75) is 25.8 Å². The van der Waals surface area contributed by atoms with Gasteiger partial charge in [0.2, 0.25) is 0 Å². The predicted molar refractivity (Wildman–Crippen MR) is 86.0 cm³/mol. The summed E-state index contributed by atoms with van der Waals surface area (Å²) in [5, 5.41) is 0. The summed E-state index contributed by atoms with van der Waals surface area (Å²) >= 11 is 0.